The third-order valence-electron chi connectivity index (χ3n) is 5.13. The molecule has 28 heavy (non-hydrogen) atoms. The minimum atomic E-state index is -0.106. The van der Waals surface area contributed by atoms with Crippen molar-refractivity contribution in [3.8, 4) is 11.3 Å². The Bertz CT molecular complexity index is 1160. The highest BCUT2D eigenvalue weighted by Crippen LogP contribution is 2.31. The first-order valence-electron chi connectivity index (χ1n) is 9.38. The Balaban J connectivity index is 1.90. The summed E-state index contributed by atoms with van der Waals surface area (Å²) in [5, 5.41) is 4.00. The Morgan fingerprint density at radius 3 is 2.14 bits per heavy atom. The number of rotatable bonds is 3. The molecule has 0 saturated carbocycles. The van der Waals surface area contributed by atoms with Crippen LogP contribution in [0.2, 0.25) is 0 Å². The van der Waals surface area contributed by atoms with Gasteiger partial charge in [0.25, 0.3) is 5.91 Å². The average molecular weight is 366 g/mol. The molecule has 1 amide bonds. The fraction of sp³-hybridized carbons (Fsp3) is 0.120. The second kappa shape index (κ2) is 7.28. The lowest BCUT2D eigenvalue weighted by atomic mass is 9.97. The van der Waals surface area contributed by atoms with E-state index in [1.165, 1.54) is 0 Å². The summed E-state index contributed by atoms with van der Waals surface area (Å²) in [5.74, 6) is -0.106. The van der Waals surface area contributed by atoms with Gasteiger partial charge in [0.15, 0.2) is 0 Å². The van der Waals surface area contributed by atoms with E-state index in [4.69, 9.17) is 4.98 Å². The van der Waals surface area contributed by atoms with Crippen LogP contribution in [0.25, 0.3) is 22.2 Å². The molecule has 3 heteroatoms. The van der Waals surface area contributed by atoms with E-state index in [2.05, 4.69) is 5.32 Å². The van der Waals surface area contributed by atoms with Crippen LogP contribution in [0.15, 0.2) is 72.8 Å². The van der Waals surface area contributed by atoms with Gasteiger partial charge in [-0.3, -0.25) is 4.79 Å². The van der Waals surface area contributed by atoms with E-state index in [0.29, 0.717) is 5.56 Å². The standard InChI is InChI=1S/C25H22N2O/c1-16-10-9-11-17(2)23(16)27-25(28)22-18(3)24(19-12-5-4-6-13-19)26-21-15-8-7-14-20(21)22/h4-15H,1-3H3,(H,27,28). The predicted molar refractivity (Wildman–Crippen MR) is 116 cm³/mol. The van der Waals surface area contributed by atoms with Gasteiger partial charge in [0.1, 0.15) is 0 Å². The summed E-state index contributed by atoms with van der Waals surface area (Å²) >= 11 is 0. The van der Waals surface area contributed by atoms with Gasteiger partial charge in [-0.15, -0.1) is 0 Å². The van der Waals surface area contributed by atoms with Crippen LogP contribution in [0.1, 0.15) is 27.0 Å². The van der Waals surface area contributed by atoms with E-state index in [-0.39, 0.29) is 5.91 Å². The number of anilines is 1. The number of hydrogen-bond acceptors (Lipinski definition) is 2. The zero-order valence-electron chi connectivity index (χ0n) is 16.3. The molecule has 0 atom stereocenters. The van der Waals surface area contributed by atoms with Crippen molar-refractivity contribution >= 4 is 22.5 Å². The molecule has 1 heterocycles. The lowest BCUT2D eigenvalue weighted by molar-refractivity contribution is 0.102. The van der Waals surface area contributed by atoms with Crippen molar-refractivity contribution in [2.75, 3.05) is 5.32 Å². The molecule has 0 aliphatic rings. The Kier molecular flexibility index (Phi) is 4.66. The minimum Gasteiger partial charge on any atom is -0.321 e. The molecule has 0 aliphatic heterocycles. The number of carbonyl (C=O) groups excluding carboxylic acids is 1. The molecule has 138 valence electrons. The first kappa shape index (κ1) is 17.9. The van der Waals surface area contributed by atoms with Gasteiger partial charge in [-0.05, 0) is 43.5 Å². The second-order valence-corrected chi connectivity index (χ2v) is 7.06. The van der Waals surface area contributed by atoms with Gasteiger partial charge in [0.05, 0.1) is 16.8 Å². The van der Waals surface area contributed by atoms with Gasteiger partial charge >= 0.3 is 0 Å². The number of nitrogens with zero attached hydrogens (tertiary/aromatic N) is 1. The Labute approximate surface area is 165 Å². The molecule has 0 saturated heterocycles. The quantitative estimate of drug-likeness (QED) is 0.477. The summed E-state index contributed by atoms with van der Waals surface area (Å²) in [6.07, 6.45) is 0. The van der Waals surface area contributed by atoms with Crippen LogP contribution in [0, 0.1) is 20.8 Å². The number of carbonyl (C=O) groups is 1. The molecule has 1 N–H and O–H groups in total. The molecule has 3 nitrogen and oxygen atoms in total. The summed E-state index contributed by atoms with van der Waals surface area (Å²) < 4.78 is 0. The summed E-state index contributed by atoms with van der Waals surface area (Å²) in [6, 6.07) is 23.8. The number of benzene rings is 3. The Hall–Kier alpha value is -3.46. The van der Waals surface area contributed by atoms with Crippen LogP contribution in [0.5, 0.6) is 0 Å². The van der Waals surface area contributed by atoms with Gasteiger partial charge in [0.2, 0.25) is 0 Å². The first-order valence-corrected chi connectivity index (χ1v) is 9.38. The number of hydrogen-bond donors (Lipinski definition) is 1. The molecule has 4 rings (SSSR count). The number of nitrogens with one attached hydrogen (secondary N) is 1. The maximum atomic E-state index is 13.4. The SMILES string of the molecule is Cc1cccc(C)c1NC(=O)c1c(C)c(-c2ccccc2)nc2ccccc12. The lowest BCUT2D eigenvalue weighted by Gasteiger charge is -2.16. The predicted octanol–water partition coefficient (Wildman–Crippen LogP) is 6.08. The highest BCUT2D eigenvalue weighted by Gasteiger charge is 2.19. The van der Waals surface area contributed by atoms with Gasteiger partial charge in [-0.1, -0.05) is 66.7 Å². The lowest BCUT2D eigenvalue weighted by Crippen LogP contribution is -2.16. The van der Waals surface area contributed by atoms with Crippen LogP contribution in [0.4, 0.5) is 5.69 Å². The number of amides is 1. The zero-order chi connectivity index (χ0) is 19.7. The van der Waals surface area contributed by atoms with E-state index >= 15 is 0 Å². The van der Waals surface area contributed by atoms with Crippen molar-refractivity contribution in [1.82, 2.24) is 4.98 Å². The summed E-state index contributed by atoms with van der Waals surface area (Å²) in [5.41, 5.74) is 7.19. The second-order valence-electron chi connectivity index (χ2n) is 7.06. The summed E-state index contributed by atoms with van der Waals surface area (Å²) in [6.45, 7) is 5.99. The van der Waals surface area contributed by atoms with Crippen molar-refractivity contribution in [3.63, 3.8) is 0 Å². The van der Waals surface area contributed by atoms with Gasteiger partial charge in [0, 0.05) is 16.6 Å². The van der Waals surface area contributed by atoms with E-state index in [1.54, 1.807) is 0 Å². The Morgan fingerprint density at radius 2 is 1.43 bits per heavy atom. The number of fused-ring (bicyclic) bond motifs is 1. The van der Waals surface area contributed by atoms with Crippen molar-refractivity contribution in [1.29, 1.82) is 0 Å². The number of para-hydroxylation sites is 2. The molecule has 0 spiro atoms. The summed E-state index contributed by atoms with van der Waals surface area (Å²) in [4.78, 5) is 18.2. The maximum Gasteiger partial charge on any atom is 0.256 e. The fourth-order valence-electron chi connectivity index (χ4n) is 3.66. The molecular formula is C25H22N2O. The van der Waals surface area contributed by atoms with Crippen molar-refractivity contribution in [3.05, 3.63) is 95.1 Å². The van der Waals surface area contributed by atoms with Crippen LogP contribution < -0.4 is 5.32 Å². The molecule has 0 fully saturated rings. The minimum absolute atomic E-state index is 0.106. The molecule has 3 aromatic carbocycles. The molecule has 0 aliphatic carbocycles. The molecule has 0 unspecified atom stereocenters. The molecule has 4 aromatic rings. The van der Waals surface area contributed by atoms with Crippen LogP contribution in [-0.4, -0.2) is 10.9 Å². The molecule has 0 bridgehead atoms. The van der Waals surface area contributed by atoms with Crippen molar-refractivity contribution in [2.45, 2.75) is 20.8 Å². The van der Waals surface area contributed by atoms with Gasteiger partial charge < -0.3 is 5.32 Å². The monoisotopic (exact) mass is 366 g/mol. The van der Waals surface area contributed by atoms with Crippen molar-refractivity contribution < 1.29 is 4.79 Å². The fourth-order valence-corrected chi connectivity index (χ4v) is 3.66. The van der Waals surface area contributed by atoms with E-state index in [1.807, 2.05) is 93.6 Å². The smallest absolute Gasteiger partial charge is 0.256 e. The average Bonchev–Trinajstić information content (AvgIpc) is 2.71. The highest BCUT2D eigenvalue weighted by atomic mass is 16.1. The van der Waals surface area contributed by atoms with E-state index in [9.17, 15) is 4.79 Å². The van der Waals surface area contributed by atoms with Gasteiger partial charge in [-0.2, -0.15) is 0 Å². The van der Waals surface area contributed by atoms with Crippen LogP contribution in [-0.2, 0) is 0 Å². The van der Waals surface area contributed by atoms with Crippen molar-refractivity contribution in [2.24, 2.45) is 0 Å². The highest BCUT2D eigenvalue weighted by molar-refractivity contribution is 6.14. The number of pyridine rings is 1. The van der Waals surface area contributed by atoms with Crippen LogP contribution >= 0.6 is 0 Å². The largest absolute Gasteiger partial charge is 0.321 e. The Morgan fingerprint density at radius 1 is 0.786 bits per heavy atom. The van der Waals surface area contributed by atoms with Gasteiger partial charge in [-0.25, -0.2) is 4.98 Å². The zero-order valence-corrected chi connectivity index (χ0v) is 16.3. The third-order valence-corrected chi connectivity index (χ3v) is 5.13. The first-order chi connectivity index (χ1) is 13.6. The van der Waals surface area contributed by atoms with E-state index < -0.39 is 0 Å². The number of aryl methyl sites for hydroxylation is 2. The van der Waals surface area contributed by atoms with E-state index in [0.717, 1.165) is 44.5 Å². The normalized spacial score (nSPS) is 10.8. The summed E-state index contributed by atoms with van der Waals surface area (Å²) in [7, 11) is 0. The maximum absolute atomic E-state index is 13.4. The van der Waals surface area contributed by atoms with Crippen LogP contribution in [0.3, 0.4) is 0 Å². The number of aromatic nitrogens is 1. The topological polar surface area (TPSA) is 42.0 Å². The molecule has 0 radical (unpaired) electrons. The molecular weight excluding hydrogens is 344 g/mol. The molecule has 1 aromatic heterocycles. The third kappa shape index (κ3) is 3.16.